The van der Waals surface area contributed by atoms with E-state index < -0.39 is 0 Å². The molecule has 1 amide bonds. The van der Waals surface area contributed by atoms with Crippen LogP contribution in [0.15, 0.2) is 46.9 Å². The van der Waals surface area contributed by atoms with Gasteiger partial charge in [-0.3, -0.25) is 4.79 Å². The lowest BCUT2D eigenvalue weighted by atomic mass is 10.2. The molecule has 0 radical (unpaired) electrons. The summed E-state index contributed by atoms with van der Waals surface area (Å²) in [5.74, 6) is 0.0328. The van der Waals surface area contributed by atoms with Gasteiger partial charge in [0.25, 0.3) is 5.91 Å². The van der Waals surface area contributed by atoms with Crippen LogP contribution >= 0.6 is 15.9 Å². The van der Waals surface area contributed by atoms with Crippen molar-refractivity contribution in [1.29, 1.82) is 0 Å². The van der Waals surface area contributed by atoms with Crippen LogP contribution in [0.1, 0.15) is 43.0 Å². The Balaban J connectivity index is 1.94. The van der Waals surface area contributed by atoms with Crippen LogP contribution < -0.4 is 10.1 Å². The summed E-state index contributed by atoms with van der Waals surface area (Å²) >= 11 is 3.43. The number of carbonyl (C=O) groups excluding carboxylic acids is 1. The number of rotatable bonds is 8. The Labute approximate surface area is 150 Å². The molecule has 0 atom stereocenters. The average Bonchev–Trinajstić information content (AvgIpc) is 2.56. The average molecular weight is 394 g/mol. The molecule has 2 aromatic carbocycles. The van der Waals surface area contributed by atoms with Gasteiger partial charge in [0.15, 0.2) is 0 Å². The van der Waals surface area contributed by atoms with Gasteiger partial charge in [0.2, 0.25) is 0 Å². The van der Waals surface area contributed by atoms with E-state index in [2.05, 4.69) is 28.2 Å². The van der Waals surface area contributed by atoms with Crippen LogP contribution in [0.2, 0.25) is 0 Å². The van der Waals surface area contributed by atoms with Crippen LogP contribution in [0.3, 0.4) is 0 Å². The second-order valence-electron chi connectivity index (χ2n) is 5.52. The SMILES string of the molecule is CCCCCCOc1ccc(C(=O)Nc2cccc(F)c2)cc1Br. The highest BCUT2D eigenvalue weighted by Crippen LogP contribution is 2.26. The quantitative estimate of drug-likeness (QED) is 0.575. The Kier molecular flexibility index (Phi) is 7.25. The van der Waals surface area contributed by atoms with Crippen LogP contribution in [-0.2, 0) is 0 Å². The monoisotopic (exact) mass is 393 g/mol. The fourth-order valence-corrected chi connectivity index (χ4v) is 2.73. The summed E-state index contributed by atoms with van der Waals surface area (Å²) in [6.07, 6.45) is 4.58. The van der Waals surface area contributed by atoms with Crippen molar-refractivity contribution in [3.05, 3.63) is 58.3 Å². The second-order valence-corrected chi connectivity index (χ2v) is 6.37. The summed E-state index contributed by atoms with van der Waals surface area (Å²) in [7, 11) is 0. The number of amides is 1. The molecule has 0 unspecified atom stereocenters. The summed E-state index contributed by atoms with van der Waals surface area (Å²) in [4.78, 5) is 12.2. The van der Waals surface area contributed by atoms with E-state index in [1.54, 1.807) is 30.3 Å². The number of anilines is 1. The third kappa shape index (κ3) is 5.64. The largest absolute Gasteiger partial charge is 0.492 e. The van der Waals surface area contributed by atoms with Gasteiger partial charge >= 0.3 is 0 Å². The molecule has 0 saturated carbocycles. The molecule has 0 fully saturated rings. The van der Waals surface area contributed by atoms with Crippen LogP contribution in [0.25, 0.3) is 0 Å². The van der Waals surface area contributed by atoms with Crippen LogP contribution in [0, 0.1) is 5.82 Å². The third-order valence-corrected chi connectivity index (χ3v) is 4.15. The first-order valence-electron chi connectivity index (χ1n) is 8.09. The normalized spacial score (nSPS) is 10.5. The van der Waals surface area contributed by atoms with Crippen LogP contribution in [0.5, 0.6) is 5.75 Å². The highest BCUT2D eigenvalue weighted by atomic mass is 79.9. The maximum absolute atomic E-state index is 13.2. The molecule has 0 saturated heterocycles. The molecule has 5 heteroatoms. The number of hydrogen-bond acceptors (Lipinski definition) is 2. The van der Waals surface area contributed by atoms with Crippen molar-refractivity contribution < 1.29 is 13.9 Å². The molecular weight excluding hydrogens is 373 g/mol. The van der Waals surface area contributed by atoms with Gasteiger partial charge in [0, 0.05) is 11.3 Å². The topological polar surface area (TPSA) is 38.3 Å². The molecule has 2 rings (SSSR count). The first-order chi connectivity index (χ1) is 11.6. The van der Waals surface area contributed by atoms with Crippen molar-refractivity contribution in [3.8, 4) is 5.75 Å². The molecule has 1 N–H and O–H groups in total. The van der Waals surface area contributed by atoms with E-state index in [1.807, 2.05) is 0 Å². The Morgan fingerprint density at radius 2 is 2.00 bits per heavy atom. The van der Waals surface area contributed by atoms with Gasteiger partial charge in [0.1, 0.15) is 11.6 Å². The number of benzene rings is 2. The maximum Gasteiger partial charge on any atom is 0.255 e. The van der Waals surface area contributed by atoms with Crippen molar-refractivity contribution in [1.82, 2.24) is 0 Å². The second kappa shape index (κ2) is 9.42. The predicted molar refractivity (Wildman–Crippen MR) is 98.1 cm³/mol. The van der Waals surface area contributed by atoms with Crippen molar-refractivity contribution >= 4 is 27.5 Å². The van der Waals surface area contributed by atoms with Crippen LogP contribution in [-0.4, -0.2) is 12.5 Å². The van der Waals surface area contributed by atoms with Crippen molar-refractivity contribution in [2.45, 2.75) is 32.6 Å². The van der Waals surface area contributed by atoms with Gasteiger partial charge in [-0.1, -0.05) is 32.3 Å². The van der Waals surface area contributed by atoms with E-state index in [1.165, 1.54) is 25.0 Å². The Bertz CT molecular complexity index is 691. The summed E-state index contributed by atoms with van der Waals surface area (Å²) in [5.41, 5.74) is 0.900. The lowest BCUT2D eigenvalue weighted by molar-refractivity contribution is 0.102. The standard InChI is InChI=1S/C19H21BrFNO2/c1-2-3-4-5-11-24-18-10-9-14(12-17(18)20)19(23)22-16-8-6-7-15(21)13-16/h6-10,12-13H,2-5,11H2,1H3,(H,22,23). The van der Waals surface area contributed by atoms with Gasteiger partial charge in [0.05, 0.1) is 11.1 Å². The first-order valence-corrected chi connectivity index (χ1v) is 8.88. The fourth-order valence-electron chi connectivity index (χ4n) is 2.24. The minimum atomic E-state index is -0.388. The third-order valence-electron chi connectivity index (χ3n) is 3.53. The smallest absolute Gasteiger partial charge is 0.255 e. The Morgan fingerprint density at radius 1 is 1.17 bits per heavy atom. The minimum absolute atomic E-state index is 0.296. The molecule has 0 aromatic heterocycles. The van der Waals surface area contributed by atoms with E-state index in [9.17, 15) is 9.18 Å². The molecule has 0 spiro atoms. The predicted octanol–water partition coefficient (Wildman–Crippen LogP) is 5.80. The molecule has 0 aliphatic rings. The van der Waals surface area contributed by atoms with Gasteiger partial charge in [-0.25, -0.2) is 4.39 Å². The van der Waals surface area contributed by atoms with Gasteiger partial charge in [-0.15, -0.1) is 0 Å². The van der Waals surface area contributed by atoms with E-state index in [0.29, 0.717) is 23.6 Å². The zero-order chi connectivity index (χ0) is 17.4. The van der Waals surface area contributed by atoms with E-state index >= 15 is 0 Å². The number of unbranched alkanes of at least 4 members (excludes halogenated alkanes) is 3. The van der Waals surface area contributed by atoms with Gasteiger partial charge < -0.3 is 10.1 Å². The molecule has 0 aliphatic carbocycles. The van der Waals surface area contributed by atoms with E-state index in [4.69, 9.17) is 4.74 Å². The molecular formula is C19H21BrFNO2. The molecule has 0 heterocycles. The van der Waals surface area contributed by atoms with Crippen molar-refractivity contribution in [2.24, 2.45) is 0 Å². The number of ether oxygens (including phenoxy) is 1. The minimum Gasteiger partial charge on any atom is -0.492 e. The molecule has 0 aliphatic heterocycles. The first kappa shape index (κ1) is 18.5. The highest BCUT2D eigenvalue weighted by Gasteiger charge is 2.10. The van der Waals surface area contributed by atoms with Crippen molar-refractivity contribution in [2.75, 3.05) is 11.9 Å². The lowest BCUT2D eigenvalue weighted by Crippen LogP contribution is -2.12. The van der Waals surface area contributed by atoms with Crippen LogP contribution in [0.4, 0.5) is 10.1 Å². The number of hydrogen-bond donors (Lipinski definition) is 1. The fraction of sp³-hybridized carbons (Fsp3) is 0.316. The zero-order valence-electron chi connectivity index (χ0n) is 13.6. The lowest BCUT2D eigenvalue weighted by Gasteiger charge is -2.10. The molecule has 24 heavy (non-hydrogen) atoms. The molecule has 2 aromatic rings. The Morgan fingerprint density at radius 3 is 2.71 bits per heavy atom. The molecule has 0 bridgehead atoms. The Hall–Kier alpha value is -1.88. The zero-order valence-corrected chi connectivity index (χ0v) is 15.2. The van der Waals surface area contributed by atoms with Gasteiger partial charge in [-0.2, -0.15) is 0 Å². The highest BCUT2D eigenvalue weighted by molar-refractivity contribution is 9.10. The summed E-state index contributed by atoms with van der Waals surface area (Å²) in [6.45, 7) is 2.83. The maximum atomic E-state index is 13.2. The number of halogens is 2. The van der Waals surface area contributed by atoms with Gasteiger partial charge in [-0.05, 0) is 58.7 Å². The van der Waals surface area contributed by atoms with E-state index in [0.717, 1.165) is 17.3 Å². The summed E-state index contributed by atoms with van der Waals surface area (Å²) in [6, 6.07) is 11.0. The van der Waals surface area contributed by atoms with Crippen molar-refractivity contribution in [3.63, 3.8) is 0 Å². The number of carbonyl (C=O) groups is 1. The molecule has 3 nitrogen and oxygen atoms in total. The summed E-state index contributed by atoms with van der Waals surface area (Å²) < 4.78 is 19.6. The summed E-state index contributed by atoms with van der Waals surface area (Å²) in [5, 5.41) is 2.67. The number of nitrogens with one attached hydrogen (secondary N) is 1. The molecule has 128 valence electrons. The van der Waals surface area contributed by atoms with E-state index in [-0.39, 0.29) is 11.7 Å².